The summed E-state index contributed by atoms with van der Waals surface area (Å²) in [6.07, 6.45) is 2.93. The maximum Gasteiger partial charge on any atom is 0.328 e. The number of hydrogen-bond acceptors (Lipinski definition) is 7. The van der Waals surface area contributed by atoms with Gasteiger partial charge in [-0.3, -0.25) is 0 Å². The third-order valence-electron chi connectivity index (χ3n) is 2.10. The highest BCUT2D eigenvalue weighted by Gasteiger charge is 1.91. The highest BCUT2D eigenvalue weighted by atomic mass is 16.5. The molecule has 0 spiro atoms. The Balaban J connectivity index is 0. The van der Waals surface area contributed by atoms with Crippen LogP contribution in [-0.4, -0.2) is 74.9 Å². The van der Waals surface area contributed by atoms with Crippen LogP contribution in [0, 0.1) is 0 Å². The maximum absolute atomic E-state index is 9.55. The Labute approximate surface area is 136 Å². The smallest absolute Gasteiger partial charge is 0.328 e. The zero-order valence-electron chi connectivity index (χ0n) is 13.3. The molecule has 0 unspecified atom stereocenters. The highest BCUT2D eigenvalue weighted by molar-refractivity contribution is 5.89. The van der Waals surface area contributed by atoms with Crippen LogP contribution in [0.3, 0.4) is 0 Å². The quantitative estimate of drug-likeness (QED) is 0.241. The van der Waals surface area contributed by atoms with E-state index in [1.165, 1.54) is 0 Å². The average molecular weight is 336 g/mol. The van der Waals surface area contributed by atoms with Crippen molar-refractivity contribution >= 4 is 11.9 Å². The largest absolute Gasteiger partial charge is 0.478 e. The zero-order chi connectivity index (χ0) is 17.8. The second-order valence-corrected chi connectivity index (χ2v) is 4.13. The number of ether oxygens (including phenoxy) is 3. The van der Waals surface area contributed by atoms with Crippen LogP contribution in [0.5, 0.6) is 0 Å². The van der Waals surface area contributed by atoms with E-state index in [9.17, 15) is 9.59 Å². The van der Waals surface area contributed by atoms with Crippen molar-refractivity contribution < 1.29 is 34.0 Å². The predicted molar refractivity (Wildman–Crippen MR) is 84.2 cm³/mol. The van der Waals surface area contributed by atoms with Gasteiger partial charge in [-0.05, 0) is 25.9 Å². The lowest BCUT2D eigenvalue weighted by atomic mass is 10.5. The molecule has 0 bridgehead atoms. The molecule has 0 aromatic rings. The molecule has 0 aliphatic carbocycles. The summed E-state index contributed by atoms with van der Waals surface area (Å²) in [5, 5.41) is 15.6. The molecule has 0 aliphatic heterocycles. The zero-order valence-corrected chi connectivity index (χ0v) is 13.3. The van der Waals surface area contributed by atoms with Gasteiger partial charge in [-0.1, -0.05) is 0 Å². The molecule has 6 N–H and O–H groups in total. The van der Waals surface area contributed by atoms with Crippen LogP contribution in [0.2, 0.25) is 0 Å². The maximum atomic E-state index is 9.55. The molecule has 0 saturated heterocycles. The van der Waals surface area contributed by atoms with Gasteiger partial charge in [-0.25, -0.2) is 9.59 Å². The first-order valence-corrected chi connectivity index (χ1v) is 7.31. The van der Waals surface area contributed by atoms with Crippen molar-refractivity contribution in [2.24, 2.45) is 11.5 Å². The first kappa shape index (κ1) is 23.7. The molecule has 0 aromatic carbocycles. The Morgan fingerprint density at radius 1 is 0.696 bits per heavy atom. The summed E-state index contributed by atoms with van der Waals surface area (Å²) in [7, 11) is 0. The van der Waals surface area contributed by atoms with Crippen LogP contribution in [0.25, 0.3) is 0 Å². The number of carboxylic acids is 2. The molecule has 136 valence electrons. The van der Waals surface area contributed by atoms with Crippen molar-refractivity contribution in [3.05, 3.63) is 12.2 Å². The Bertz CT molecular complexity index is 284. The lowest BCUT2D eigenvalue weighted by Crippen LogP contribution is -2.12. The van der Waals surface area contributed by atoms with Crippen LogP contribution >= 0.6 is 0 Å². The van der Waals surface area contributed by atoms with E-state index in [1.807, 2.05) is 0 Å². The summed E-state index contributed by atoms with van der Waals surface area (Å²) in [5.74, 6) is -2.51. The number of aliphatic carboxylic acids is 2. The third-order valence-corrected chi connectivity index (χ3v) is 2.10. The van der Waals surface area contributed by atoms with Gasteiger partial charge in [0.2, 0.25) is 0 Å². The number of carbonyl (C=O) groups is 2. The number of nitrogens with two attached hydrogens (primary N) is 2. The van der Waals surface area contributed by atoms with Crippen molar-refractivity contribution in [3.63, 3.8) is 0 Å². The van der Waals surface area contributed by atoms with E-state index in [4.69, 9.17) is 35.9 Å². The summed E-state index contributed by atoms with van der Waals surface area (Å²) < 4.78 is 15.8. The molecule has 9 heteroatoms. The second-order valence-electron chi connectivity index (χ2n) is 4.13. The first-order valence-electron chi connectivity index (χ1n) is 7.31. The van der Waals surface area contributed by atoms with Crippen LogP contribution in [0.1, 0.15) is 12.8 Å². The van der Waals surface area contributed by atoms with E-state index in [0.29, 0.717) is 64.9 Å². The highest BCUT2D eigenvalue weighted by Crippen LogP contribution is 1.84. The van der Waals surface area contributed by atoms with Crippen LogP contribution in [-0.2, 0) is 23.8 Å². The van der Waals surface area contributed by atoms with E-state index < -0.39 is 11.9 Å². The summed E-state index contributed by atoms with van der Waals surface area (Å²) in [4.78, 5) is 19.1. The fourth-order valence-electron chi connectivity index (χ4n) is 1.06. The first-order chi connectivity index (χ1) is 11.0. The number of rotatable bonds is 14. The van der Waals surface area contributed by atoms with Gasteiger partial charge in [0.1, 0.15) is 0 Å². The third kappa shape index (κ3) is 29.2. The molecule has 0 atom stereocenters. The molecule has 0 radical (unpaired) electrons. The summed E-state index contributed by atoms with van der Waals surface area (Å²) in [6, 6.07) is 0. The normalized spacial score (nSPS) is 10.3. The van der Waals surface area contributed by atoms with Gasteiger partial charge in [0.25, 0.3) is 0 Å². The molecule has 0 rings (SSSR count). The van der Waals surface area contributed by atoms with Crippen LogP contribution in [0.15, 0.2) is 12.2 Å². The van der Waals surface area contributed by atoms with Crippen LogP contribution < -0.4 is 11.5 Å². The minimum absolute atomic E-state index is 0.558. The predicted octanol–water partition coefficient (Wildman–Crippen LogP) is -0.554. The lowest BCUT2D eigenvalue weighted by Gasteiger charge is -2.06. The van der Waals surface area contributed by atoms with Gasteiger partial charge in [0.15, 0.2) is 0 Å². The van der Waals surface area contributed by atoms with Crippen molar-refractivity contribution in [2.75, 3.05) is 52.7 Å². The average Bonchev–Trinajstić information content (AvgIpc) is 2.51. The van der Waals surface area contributed by atoms with E-state index in [-0.39, 0.29) is 0 Å². The molecule has 0 heterocycles. The fourth-order valence-corrected chi connectivity index (χ4v) is 1.06. The molecule has 0 fully saturated rings. The minimum Gasteiger partial charge on any atom is -0.478 e. The van der Waals surface area contributed by atoms with Crippen LogP contribution in [0.4, 0.5) is 0 Å². The monoisotopic (exact) mass is 336 g/mol. The van der Waals surface area contributed by atoms with Gasteiger partial charge < -0.3 is 35.9 Å². The van der Waals surface area contributed by atoms with Gasteiger partial charge >= 0.3 is 11.9 Å². The summed E-state index contributed by atoms with van der Waals surface area (Å²) in [6.45, 7) is 5.27. The standard InChI is InChI=1S/C10H24N2O3.C4H4O4/c11-3-1-5-13-7-9-15-10-8-14-6-2-4-12;5-3(6)1-2-4(7)8/h1-12H2;1-2H,(H,5,6)(H,7,8)/b;2-1-. The molecule has 0 amide bonds. The minimum atomic E-state index is -1.26. The Morgan fingerprint density at radius 2 is 1.00 bits per heavy atom. The van der Waals surface area contributed by atoms with Gasteiger partial charge in [0.05, 0.1) is 26.4 Å². The SMILES string of the molecule is NCCCOCCOCCOCCCN.O=C(O)/C=C\C(=O)O. The molecule has 0 aliphatic rings. The summed E-state index contributed by atoms with van der Waals surface area (Å²) in [5.41, 5.74) is 10.6. The van der Waals surface area contributed by atoms with Crippen molar-refractivity contribution in [2.45, 2.75) is 12.8 Å². The van der Waals surface area contributed by atoms with Crippen molar-refractivity contribution in [1.82, 2.24) is 0 Å². The topological polar surface area (TPSA) is 154 Å². The van der Waals surface area contributed by atoms with Crippen molar-refractivity contribution in [3.8, 4) is 0 Å². The van der Waals surface area contributed by atoms with E-state index in [0.717, 1.165) is 12.8 Å². The van der Waals surface area contributed by atoms with Gasteiger partial charge in [0, 0.05) is 25.4 Å². The van der Waals surface area contributed by atoms with Gasteiger partial charge in [-0.2, -0.15) is 0 Å². The fraction of sp³-hybridized carbons (Fsp3) is 0.714. The van der Waals surface area contributed by atoms with Gasteiger partial charge in [-0.15, -0.1) is 0 Å². The molecule has 9 nitrogen and oxygen atoms in total. The second kappa shape index (κ2) is 20.5. The summed E-state index contributed by atoms with van der Waals surface area (Å²) >= 11 is 0. The van der Waals surface area contributed by atoms with E-state index >= 15 is 0 Å². The molecular weight excluding hydrogens is 308 g/mol. The van der Waals surface area contributed by atoms with E-state index in [2.05, 4.69) is 0 Å². The molecule has 23 heavy (non-hydrogen) atoms. The number of hydrogen-bond donors (Lipinski definition) is 4. The van der Waals surface area contributed by atoms with Crippen molar-refractivity contribution in [1.29, 1.82) is 0 Å². The van der Waals surface area contributed by atoms with E-state index in [1.54, 1.807) is 0 Å². The Kier molecular flexibility index (Phi) is 21.1. The Hall–Kier alpha value is -1.52. The molecular formula is C14H28N2O7. The lowest BCUT2D eigenvalue weighted by molar-refractivity contribution is -0.134. The molecule has 0 saturated carbocycles. The number of carboxylic acid groups (broad SMARTS) is 2. The molecule has 0 aromatic heterocycles. The Morgan fingerprint density at radius 3 is 1.26 bits per heavy atom.